The lowest BCUT2D eigenvalue weighted by Gasteiger charge is -2.15. The smallest absolute Gasteiger partial charge is 0.324 e. The first kappa shape index (κ1) is 15.2. The van der Waals surface area contributed by atoms with Crippen LogP contribution in [0.3, 0.4) is 0 Å². The van der Waals surface area contributed by atoms with E-state index in [0.717, 1.165) is 18.9 Å². The third-order valence-corrected chi connectivity index (χ3v) is 3.47. The lowest BCUT2D eigenvalue weighted by Crippen LogP contribution is -2.41. The number of nitro benzene ring substituents is 1. The van der Waals surface area contributed by atoms with Gasteiger partial charge in [-0.05, 0) is 18.9 Å². The monoisotopic (exact) mass is 315 g/mol. The van der Waals surface area contributed by atoms with Crippen LogP contribution >= 0.6 is 11.6 Å². The average Bonchev–Trinajstić information content (AvgIpc) is 2.94. The SMILES string of the molecule is O=C(NC(=O)N1CCCC1)c1cc(F)cc([N+](=O)[O-])c1Cl. The predicted molar refractivity (Wildman–Crippen MR) is 71.7 cm³/mol. The summed E-state index contributed by atoms with van der Waals surface area (Å²) in [7, 11) is 0. The van der Waals surface area contributed by atoms with E-state index in [4.69, 9.17) is 11.6 Å². The normalized spacial score (nSPS) is 14.1. The van der Waals surface area contributed by atoms with Crippen molar-refractivity contribution in [1.29, 1.82) is 0 Å². The Balaban J connectivity index is 2.22. The second-order valence-corrected chi connectivity index (χ2v) is 4.87. The summed E-state index contributed by atoms with van der Waals surface area (Å²) in [6, 6.07) is 0.740. The standard InChI is InChI=1S/C12H11ClFN3O4/c13-10-8(5-7(14)6-9(10)17(20)21)11(18)15-12(19)16-3-1-2-4-16/h5-6H,1-4H2,(H,15,18,19). The first-order chi connectivity index (χ1) is 9.90. The van der Waals surface area contributed by atoms with E-state index in [0.29, 0.717) is 19.2 Å². The van der Waals surface area contributed by atoms with E-state index >= 15 is 0 Å². The van der Waals surface area contributed by atoms with Crippen molar-refractivity contribution in [3.8, 4) is 0 Å². The van der Waals surface area contributed by atoms with E-state index in [2.05, 4.69) is 0 Å². The molecule has 2 rings (SSSR count). The molecule has 1 heterocycles. The summed E-state index contributed by atoms with van der Waals surface area (Å²) in [5.74, 6) is -1.95. The van der Waals surface area contributed by atoms with E-state index in [1.54, 1.807) is 0 Å². The first-order valence-corrected chi connectivity index (χ1v) is 6.51. The third-order valence-electron chi connectivity index (χ3n) is 3.07. The lowest BCUT2D eigenvalue weighted by molar-refractivity contribution is -0.384. The molecule has 9 heteroatoms. The van der Waals surface area contributed by atoms with Gasteiger partial charge in [0.2, 0.25) is 0 Å². The summed E-state index contributed by atoms with van der Waals surface area (Å²) in [6.07, 6.45) is 1.68. The molecule has 0 spiro atoms. The minimum Gasteiger partial charge on any atom is -0.324 e. The maximum Gasteiger partial charge on any atom is 0.324 e. The Hall–Kier alpha value is -2.22. The summed E-state index contributed by atoms with van der Waals surface area (Å²) < 4.78 is 13.3. The van der Waals surface area contributed by atoms with Gasteiger partial charge in [-0.3, -0.25) is 20.2 Å². The molecule has 112 valence electrons. The molecule has 7 nitrogen and oxygen atoms in total. The molecule has 0 atom stereocenters. The number of imide groups is 1. The molecule has 1 aromatic rings. The maximum atomic E-state index is 13.3. The molecule has 0 unspecified atom stereocenters. The maximum absolute atomic E-state index is 13.3. The Labute approximate surface area is 123 Å². The number of nitrogens with one attached hydrogen (secondary N) is 1. The number of nitro groups is 1. The van der Waals surface area contributed by atoms with Crippen molar-refractivity contribution in [2.24, 2.45) is 0 Å². The number of likely N-dealkylation sites (tertiary alicyclic amines) is 1. The molecule has 0 aromatic heterocycles. The second kappa shape index (κ2) is 6.04. The number of nitrogens with zero attached hydrogens (tertiary/aromatic N) is 2. The summed E-state index contributed by atoms with van der Waals surface area (Å²) >= 11 is 5.72. The van der Waals surface area contributed by atoms with Crippen LogP contribution in [0.2, 0.25) is 5.02 Å². The van der Waals surface area contributed by atoms with Gasteiger partial charge in [0.05, 0.1) is 16.6 Å². The van der Waals surface area contributed by atoms with Crippen LogP contribution in [0.4, 0.5) is 14.9 Å². The van der Waals surface area contributed by atoms with Gasteiger partial charge in [0.1, 0.15) is 10.8 Å². The Morgan fingerprint density at radius 3 is 2.52 bits per heavy atom. The summed E-state index contributed by atoms with van der Waals surface area (Å²) in [5.41, 5.74) is -1.17. The molecule has 1 fully saturated rings. The zero-order valence-corrected chi connectivity index (χ0v) is 11.5. The number of amides is 3. The molecule has 1 saturated heterocycles. The van der Waals surface area contributed by atoms with Gasteiger partial charge >= 0.3 is 6.03 Å². The highest BCUT2D eigenvalue weighted by Gasteiger charge is 2.25. The van der Waals surface area contributed by atoms with Gasteiger partial charge in [-0.15, -0.1) is 0 Å². The van der Waals surface area contributed by atoms with Crippen molar-refractivity contribution in [1.82, 2.24) is 10.2 Å². The minimum absolute atomic E-state index is 0.448. The Bertz CT molecular complexity index is 617. The van der Waals surface area contributed by atoms with Gasteiger partial charge in [-0.25, -0.2) is 9.18 Å². The van der Waals surface area contributed by atoms with Crippen LogP contribution in [-0.4, -0.2) is 34.9 Å². The number of halogens is 2. The fourth-order valence-corrected chi connectivity index (χ4v) is 2.30. The van der Waals surface area contributed by atoms with Crippen LogP contribution in [0, 0.1) is 15.9 Å². The molecule has 0 aliphatic carbocycles. The summed E-state index contributed by atoms with van der Waals surface area (Å²) in [6.45, 7) is 1.05. The Morgan fingerprint density at radius 1 is 1.33 bits per heavy atom. The lowest BCUT2D eigenvalue weighted by atomic mass is 10.2. The van der Waals surface area contributed by atoms with E-state index in [-0.39, 0.29) is 0 Å². The fraction of sp³-hybridized carbons (Fsp3) is 0.333. The van der Waals surface area contributed by atoms with Crippen LogP contribution in [0.25, 0.3) is 0 Å². The van der Waals surface area contributed by atoms with Crippen molar-refractivity contribution in [2.75, 3.05) is 13.1 Å². The topological polar surface area (TPSA) is 92.6 Å². The van der Waals surface area contributed by atoms with Crippen LogP contribution in [0.15, 0.2) is 12.1 Å². The number of benzene rings is 1. The molecule has 0 saturated carbocycles. The molecular weight excluding hydrogens is 305 g/mol. The number of urea groups is 1. The number of rotatable bonds is 2. The molecule has 1 aliphatic rings. The Morgan fingerprint density at radius 2 is 1.95 bits per heavy atom. The summed E-state index contributed by atoms with van der Waals surface area (Å²) in [5, 5.41) is 12.3. The fourth-order valence-electron chi connectivity index (χ4n) is 2.04. The molecule has 0 bridgehead atoms. The zero-order chi connectivity index (χ0) is 15.6. The number of hydrogen-bond acceptors (Lipinski definition) is 4. The van der Waals surface area contributed by atoms with E-state index in [1.807, 2.05) is 5.32 Å². The second-order valence-electron chi connectivity index (χ2n) is 4.50. The van der Waals surface area contributed by atoms with Crippen LogP contribution < -0.4 is 5.32 Å². The highest BCUT2D eigenvalue weighted by Crippen LogP contribution is 2.29. The van der Waals surface area contributed by atoms with E-state index in [9.17, 15) is 24.1 Å². The third kappa shape index (κ3) is 3.27. The van der Waals surface area contributed by atoms with E-state index < -0.39 is 39.0 Å². The highest BCUT2D eigenvalue weighted by atomic mass is 35.5. The number of carbonyl (C=O) groups is 2. The van der Waals surface area contributed by atoms with Gasteiger partial charge in [0.15, 0.2) is 0 Å². The molecule has 3 amide bonds. The van der Waals surface area contributed by atoms with Crippen LogP contribution in [-0.2, 0) is 0 Å². The zero-order valence-electron chi connectivity index (χ0n) is 10.8. The average molecular weight is 316 g/mol. The molecule has 21 heavy (non-hydrogen) atoms. The molecule has 1 aromatic carbocycles. The van der Waals surface area contributed by atoms with E-state index in [1.165, 1.54) is 4.90 Å². The Kier molecular flexibility index (Phi) is 4.37. The van der Waals surface area contributed by atoms with Crippen LogP contribution in [0.1, 0.15) is 23.2 Å². The van der Waals surface area contributed by atoms with Crippen LogP contribution in [0.5, 0.6) is 0 Å². The van der Waals surface area contributed by atoms with Gasteiger partial charge < -0.3 is 4.90 Å². The van der Waals surface area contributed by atoms with Gasteiger partial charge in [0, 0.05) is 13.1 Å². The first-order valence-electron chi connectivity index (χ1n) is 6.14. The molecule has 1 N–H and O–H groups in total. The quantitative estimate of drug-likeness (QED) is 0.669. The molecule has 1 aliphatic heterocycles. The van der Waals surface area contributed by atoms with Crippen molar-refractivity contribution in [3.63, 3.8) is 0 Å². The highest BCUT2D eigenvalue weighted by molar-refractivity contribution is 6.36. The predicted octanol–water partition coefficient (Wildman–Crippen LogP) is 2.33. The van der Waals surface area contributed by atoms with Gasteiger partial charge in [-0.2, -0.15) is 0 Å². The van der Waals surface area contributed by atoms with Crippen molar-refractivity contribution < 1.29 is 18.9 Å². The molecular formula is C12H11ClFN3O4. The van der Waals surface area contributed by atoms with Crippen molar-refractivity contribution in [2.45, 2.75) is 12.8 Å². The minimum atomic E-state index is -0.982. The van der Waals surface area contributed by atoms with Crippen molar-refractivity contribution >= 4 is 29.2 Å². The number of hydrogen-bond donors (Lipinski definition) is 1. The van der Waals surface area contributed by atoms with Crippen molar-refractivity contribution in [3.05, 3.63) is 38.7 Å². The van der Waals surface area contributed by atoms with Gasteiger partial charge in [0.25, 0.3) is 11.6 Å². The van der Waals surface area contributed by atoms with Gasteiger partial charge in [-0.1, -0.05) is 11.6 Å². The summed E-state index contributed by atoms with van der Waals surface area (Å²) in [4.78, 5) is 35.0. The molecule has 0 radical (unpaired) electrons. The largest absolute Gasteiger partial charge is 0.324 e. The number of carbonyl (C=O) groups excluding carboxylic acids is 2.